The zero-order valence-electron chi connectivity index (χ0n) is 20.0. The number of carbonyl (C=O) groups excluding carboxylic acids is 2. The third-order valence-electron chi connectivity index (χ3n) is 5.25. The topological polar surface area (TPSA) is 34.1 Å². The lowest BCUT2D eigenvalue weighted by molar-refractivity contribution is -0.119. The summed E-state index contributed by atoms with van der Waals surface area (Å²) in [7, 11) is 0. The number of unbranched alkanes of at least 4 members (excludes halogenated alkanes) is 14. The van der Waals surface area contributed by atoms with Crippen LogP contribution < -0.4 is 0 Å². The van der Waals surface area contributed by atoms with Crippen LogP contribution in [0, 0.1) is 0 Å². The largest absolute Gasteiger partial charge is 0.300 e. The molecular weight excluding hydrogens is 344 g/mol. The summed E-state index contributed by atoms with van der Waals surface area (Å²) in [4.78, 5) is 22.0. The minimum absolute atomic E-state index is 0.341. The molecule has 0 saturated heterocycles. The maximum atomic E-state index is 11.4. The van der Waals surface area contributed by atoms with Crippen LogP contribution in [0.3, 0.4) is 0 Å². The van der Waals surface area contributed by atoms with E-state index >= 15 is 0 Å². The molecule has 0 aromatic rings. The Hall–Kier alpha value is -0.660. The molecule has 0 aromatic carbocycles. The van der Waals surface area contributed by atoms with E-state index in [1.165, 1.54) is 89.9 Å². The number of hydrogen-bond donors (Lipinski definition) is 0. The molecule has 0 N–H and O–H groups in total. The Bertz CT molecular complexity index is 322. The van der Waals surface area contributed by atoms with Crippen LogP contribution in [0.2, 0.25) is 0 Å². The molecule has 0 aliphatic rings. The van der Waals surface area contributed by atoms with Gasteiger partial charge in [-0.1, -0.05) is 111 Å². The van der Waals surface area contributed by atoms with Gasteiger partial charge in [0, 0.05) is 19.3 Å². The highest BCUT2D eigenvalue weighted by atomic mass is 16.1. The van der Waals surface area contributed by atoms with Crippen LogP contribution in [0.4, 0.5) is 0 Å². The molecule has 28 heavy (non-hydrogen) atoms. The Morgan fingerprint density at radius 1 is 0.429 bits per heavy atom. The number of hydrogen-bond acceptors (Lipinski definition) is 2. The standard InChI is InChI=1S/2C13H26O/c1-3-4-5-6-7-8-9-10-11-12-13(2)14;1-3-5-7-8-10-12-13(14)11-9-6-4-2/h2*3-12H2,1-2H3. The van der Waals surface area contributed by atoms with E-state index in [9.17, 15) is 9.59 Å². The van der Waals surface area contributed by atoms with Crippen molar-refractivity contribution in [3.05, 3.63) is 0 Å². The second kappa shape index (κ2) is 26.3. The smallest absolute Gasteiger partial charge is 0.132 e. The van der Waals surface area contributed by atoms with Crippen molar-refractivity contribution < 1.29 is 9.59 Å². The molecule has 0 aromatic heterocycles. The van der Waals surface area contributed by atoms with E-state index < -0.39 is 0 Å². The fourth-order valence-corrected chi connectivity index (χ4v) is 3.31. The molecule has 0 aliphatic carbocycles. The maximum absolute atomic E-state index is 11.4. The molecule has 0 aliphatic heterocycles. The first-order chi connectivity index (χ1) is 13.6. The second-order valence-electron chi connectivity index (χ2n) is 8.44. The molecule has 0 radical (unpaired) electrons. The average Bonchev–Trinajstić information content (AvgIpc) is 2.67. The van der Waals surface area contributed by atoms with Crippen molar-refractivity contribution in [1.29, 1.82) is 0 Å². The molecule has 0 unspecified atom stereocenters. The van der Waals surface area contributed by atoms with E-state index in [0.29, 0.717) is 11.6 Å². The molecule has 2 heteroatoms. The zero-order chi connectivity index (χ0) is 21.3. The fourth-order valence-electron chi connectivity index (χ4n) is 3.31. The van der Waals surface area contributed by atoms with Gasteiger partial charge in [-0.25, -0.2) is 0 Å². The lowest BCUT2D eigenvalue weighted by atomic mass is 10.0. The average molecular weight is 397 g/mol. The van der Waals surface area contributed by atoms with Gasteiger partial charge < -0.3 is 4.79 Å². The number of rotatable bonds is 20. The lowest BCUT2D eigenvalue weighted by Gasteiger charge is -2.00. The third kappa shape index (κ3) is 30.1. The van der Waals surface area contributed by atoms with Gasteiger partial charge in [0.05, 0.1) is 0 Å². The van der Waals surface area contributed by atoms with Gasteiger partial charge in [-0.2, -0.15) is 0 Å². The number of Topliss-reactive ketones (excluding diaryl/α,β-unsaturated/α-hetero) is 2. The summed E-state index contributed by atoms with van der Waals surface area (Å²) in [5, 5.41) is 0. The van der Waals surface area contributed by atoms with Gasteiger partial charge in [0.2, 0.25) is 0 Å². The van der Waals surface area contributed by atoms with Crippen LogP contribution in [-0.4, -0.2) is 11.6 Å². The van der Waals surface area contributed by atoms with Crippen molar-refractivity contribution in [2.75, 3.05) is 0 Å². The number of ketones is 2. The van der Waals surface area contributed by atoms with E-state index in [-0.39, 0.29) is 0 Å². The minimum Gasteiger partial charge on any atom is -0.300 e. The van der Waals surface area contributed by atoms with E-state index in [4.69, 9.17) is 0 Å². The van der Waals surface area contributed by atoms with Crippen molar-refractivity contribution >= 4 is 11.6 Å². The van der Waals surface area contributed by atoms with Gasteiger partial charge in [0.15, 0.2) is 0 Å². The van der Waals surface area contributed by atoms with Crippen LogP contribution in [0.1, 0.15) is 156 Å². The highest BCUT2D eigenvalue weighted by Gasteiger charge is 2.00. The maximum Gasteiger partial charge on any atom is 0.132 e. The lowest BCUT2D eigenvalue weighted by Crippen LogP contribution is -1.97. The summed E-state index contributed by atoms with van der Waals surface area (Å²) in [6.45, 7) is 8.33. The highest BCUT2D eigenvalue weighted by Crippen LogP contribution is 2.10. The molecule has 0 atom stereocenters. The highest BCUT2D eigenvalue weighted by molar-refractivity contribution is 5.78. The van der Waals surface area contributed by atoms with E-state index in [1.54, 1.807) is 6.92 Å². The zero-order valence-corrected chi connectivity index (χ0v) is 20.0. The van der Waals surface area contributed by atoms with Crippen molar-refractivity contribution in [3.8, 4) is 0 Å². The second-order valence-corrected chi connectivity index (χ2v) is 8.44. The first kappa shape index (κ1) is 29.5. The van der Waals surface area contributed by atoms with Crippen LogP contribution in [0.5, 0.6) is 0 Å². The monoisotopic (exact) mass is 396 g/mol. The molecule has 168 valence electrons. The summed E-state index contributed by atoms with van der Waals surface area (Å²) in [6.07, 6.45) is 24.2. The van der Waals surface area contributed by atoms with Crippen molar-refractivity contribution in [3.63, 3.8) is 0 Å². The third-order valence-corrected chi connectivity index (χ3v) is 5.25. The van der Waals surface area contributed by atoms with Gasteiger partial charge >= 0.3 is 0 Å². The van der Waals surface area contributed by atoms with E-state index in [2.05, 4.69) is 20.8 Å². The van der Waals surface area contributed by atoms with Gasteiger partial charge in [0.25, 0.3) is 0 Å². The van der Waals surface area contributed by atoms with Gasteiger partial charge in [-0.3, -0.25) is 4.79 Å². The Morgan fingerprint density at radius 2 is 0.714 bits per heavy atom. The first-order valence-electron chi connectivity index (χ1n) is 12.6. The molecular formula is C26H52O2. The van der Waals surface area contributed by atoms with Crippen LogP contribution >= 0.6 is 0 Å². The molecule has 0 fully saturated rings. The van der Waals surface area contributed by atoms with Crippen molar-refractivity contribution in [2.45, 2.75) is 156 Å². The Labute approximate surface area is 177 Å². The predicted molar refractivity (Wildman–Crippen MR) is 125 cm³/mol. The summed E-state index contributed by atoms with van der Waals surface area (Å²) < 4.78 is 0. The van der Waals surface area contributed by atoms with E-state index in [0.717, 1.165) is 38.5 Å². The van der Waals surface area contributed by atoms with Gasteiger partial charge in [-0.15, -0.1) is 0 Å². The number of carbonyl (C=O) groups is 2. The summed E-state index contributed by atoms with van der Waals surface area (Å²) in [5.41, 5.74) is 0. The Morgan fingerprint density at radius 3 is 1.11 bits per heavy atom. The molecule has 0 amide bonds. The van der Waals surface area contributed by atoms with Crippen LogP contribution in [0.15, 0.2) is 0 Å². The van der Waals surface area contributed by atoms with Crippen LogP contribution in [-0.2, 0) is 9.59 Å². The summed E-state index contributed by atoms with van der Waals surface area (Å²) >= 11 is 0. The molecule has 0 bridgehead atoms. The molecule has 0 saturated carbocycles. The first-order valence-corrected chi connectivity index (χ1v) is 12.6. The normalized spacial score (nSPS) is 10.4. The predicted octanol–water partition coefficient (Wildman–Crippen LogP) is 8.99. The van der Waals surface area contributed by atoms with Crippen LogP contribution in [0.25, 0.3) is 0 Å². The fraction of sp³-hybridized carbons (Fsp3) is 0.923. The van der Waals surface area contributed by atoms with E-state index in [1.807, 2.05) is 0 Å². The van der Waals surface area contributed by atoms with Crippen molar-refractivity contribution in [1.82, 2.24) is 0 Å². The van der Waals surface area contributed by atoms with Gasteiger partial charge in [0.1, 0.15) is 11.6 Å². The molecule has 0 heterocycles. The quantitative estimate of drug-likeness (QED) is 0.192. The minimum atomic E-state index is 0.341. The summed E-state index contributed by atoms with van der Waals surface area (Å²) in [6, 6.07) is 0. The Balaban J connectivity index is 0. The van der Waals surface area contributed by atoms with Crippen molar-refractivity contribution in [2.24, 2.45) is 0 Å². The SMILES string of the molecule is CCCCCCCC(=O)CCCCC.CCCCCCCCCCCC(C)=O. The molecule has 0 spiro atoms. The summed E-state index contributed by atoms with van der Waals surface area (Å²) in [5.74, 6) is 0.822. The molecule has 0 rings (SSSR count). The molecule has 2 nitrogen and oxygen atoms in total. The Kier molecular flexibility index (Phi) is 27.8. The van der Waals surface area contributed by atoms with Gasteiger partial charge in [-0.05, 0) is 26.2 Å².